The molecule has 1 heterocycles. The third-order valence-corrected chi connectivity index (χ3v) is 4.42. The molecule has 1 amide bonds. The number of nitrogens with one attached hydrogen (secondary N) is 1. The molecule has 0 aliphatic carbocycles. The number of aryl methyl sites for hydroxylation is 2. The van der Waals surface area contributed by atoms with E-state index in [2.05, 4.69) is 21.2 Å². The van der Waals surface area contributed by atoms with Crippen LogP contribution in [0.5, 0.6) is 0 Å². The van der Waals surface area contributed by atoms with Gasteiger partial charge in [-0.25, -0.2) is 4.79 Å². The molecule has 0 fully saturated rings. The maximum absolute atomic E-state index is 12.9. The summed E-state index contributed by atoms with van der Waals surface area (Å²) >= 11 is 3.15. The fraction of sp³-hybridized carbons (Fsp3) is 0.143. The first-order chi connectivity index (χ1) is 12.9. The van der Waals surface area contributed by atoms with Gasteiger partial charge >= 0.3 is 5.97 Å². The molecule has 0 aliphatic rings. The summed E-state index contributed by atoms with van der Waals surface area (Å²) in [6, 6.07) is 17.7. The summed E-state index contributed by atoms with van der Waals surface area (Å²) in [5.41, 5.74) is 3.18. The summed E-state index contributed by atoms with van der Waals surface area (Å²) in [5.74, 6) is -1.14. The molecule has 1 aromatic heterocycles. The Bertz CT molecular complexity index is 965. The van der Waals surface area contributed by atoms with Gasteiger partial charge in [-0.3, -0.25) is 4.79 Å². The molecule has 0 saturated heterocycles. The largest absolute Gasteiger partial charge is 0.442 e. The minimum atomic E-state index is -1.11. The number of esters is 1. The SMILES string of the molecule is Cc1ccc(C)c(NC(=O)C(OC(=O)c2ccc(Br)o2)c2ccccc2)c1. The molecular formula is C21H18BrNO4. The smallest absolute Gasteiger partial charge is 0.375 e. The Labute approximate surface area is 165 Å². The lowest BCUT2D eigenvalue weighted by molar-refractivity contribution is -0.125. The Morgan fingerprint density at radius 2 is 1.78 bits per heavy atom. The quantitative estimate of drug-likeness (QED) is 0.568. The number of anilines is 1. The van der Waals surface area contributed by atoms with Crippen molar-refractivity contribution in [1.82, 2.24) is 0 Å². The van der Waals surface area contributed by atoms with Crippen LogP contribution in [-0.4, -0.2) is 11.9 Å². The molecule has 138 valence electrons. The van der Waals surface area contributed by atoms with Crippen molar-refractivity contribution in [3.63, 3.8) is 0 Å². The molecule has 3 aromatic rings. The molecule has 27 heavy (non-hydrogen) atoms. The fourth-order valence-electron chi connectivity index (χ4n) is 2.56. The van der Waals surface area contributed by atoms with E-state index < -0.39 is 18.0 Å². The van der Waals surface area contributed by atoms with Gasteiger partial charge in [0, 0.05) is 11.3 Å². The number of carbonyl (C=O) groups is 2. The lowest BCUT2D eigenvalue weighted by Gasteiger charge is -2.18. The standard InChI is InChI=1S/C21H18BrNO4/c1-13-8-9-14(2)16(12-13)23-20(24)19(15-6-4-3-5-7-15)27-21(25)17-10-11-18(22)26-17/h3-12,19H,1-2H3,(H,23,24). The molecule has 3 rings (SSSR count). The summed E-state index contributed by atoms with van der Waals surface area (Å²) < 4.78 is 11.1. The molecule has 0 bridgehead atoms. The Morgan fingerprint density at radius 3 is 2.44 bits per heavy atom. The minimum Gasteiger partial charge on any atom is -0.442 e. The summed E-state index contributed by atoms with van der Waals surface area (Å²) in [6.45, 7) is 3.84. The van der Waals surface area contributed by atoms with E-state index >= 15 is 0 Å². The highest BCUT2D eigenvalue weighted by molar-refractivity contribution is 9.10. The third kappa shape index (κ3) is 4.65. The first-order valence-electron chi connectivity index (χ1n) is 8.33. The van der Waals surface area contributed by atoms with Crippen molar-refractivity contribution in [2.45, 2.75) is 20.0 Å². The van der Waals surface area contributed by atoms with Gasteiger partial charge < -0.3 is 14.5 Å². The number of rotatable bonds is 5. The number of amides is 1. The molecule has 0 saturated carbocycles. The van der Waals surface area contributed by atoms with Crippen LogP contribution in [0.15, 0.2) is 69.8 Å². The molecule has 6 heteroatoms. The van der Waals surface area contributed by atoms with Gasteiger partial charge in [0.05, 0.1) is 0 Å². The molecule has 1 unspecified atom stereocenters. The molecule has 0 aliphatic heterocycles. The second kappa shape index (κ2) is 8.22. The zero-order valence-corrected chi connectivity index (χ0v) is 16.4. The highest BCUT2D eigenvalue weighted by Gasteiger charge is 2.27. The van der Waals surface area contributed by atoms with E-state index in [1.165, 1.54) is 6.07 Å². The second-order valence-corrected chi connectivity index (χ2v) is 6.89. The van der Waals surface area contributed by atoms with E-state index in [-0.39, 0.29) is 5.76 Å². The number of hydrogen-bond acceptors (Lipinski definition) is 4. The van der Waals surface area contributed by atoms with Crippen molar-refractivity contribution in [3.05, 3.63) is 87.8 Å². The van der Waals surface area contributed by atoms with Crippen LogP contribution in [0.3, 0.4) is 0 Å². The van der Waals surface area contributed by atoms with Gasteiger partial charge in [0.15, 0.2) is 4.67 Å². The number of carbonyl (C=O) groups excluding carboxylic acids is 2. The summed E-state index contributed by atoms with van der Waals surface area (Å²) in [6.07, 6.45) is -1.11. The van der Waals surface area contributed by atoms with Gasteiger partial charge in [-0.05, 0) is 59.1 Å². The van der Waals surface area contributed by atoms with E-state index in [1.807, 2.05) is 38.1 Å². The van der Waals surface area contributed by atoms with Crippen molar-refractivity contribution in [2.24, 2.45) is 0 Å². The first-order valence-corrected chi connectivity index (χ1v) is 9.13. The van der Waals surface area contributed by atoms with Crippen LogP contribution in [0.1, 0.15) is 33.3 Å². The molecule has 1 atom stereocenters. The highest BCUT2D eigenvalue weighted by Crippen LogP contribution is 2.24. The van der Waals surface area contributed by atoms with Gasteiger partial charge in [-0.1, -0.05) is 42.5 Å². The summed E-state index contributed by atoms with van der Waals surface area (Å²) in [7, 11) is 0. The number of hydrogen-bond donors (Lipinski definition) is 1. The van der Waals surface area contributed by atoms with E-state index in [9.17, 15) is 9.59 Å². The van der Waals surface area contributed by atoms with E-state index in [0.29, 0.717) is 15.9 Å². The molecular weight excluding hydrogens is 410 g/mol. The summed E-state index contributed by atoms with van der Waals surface area (Å²) in [4.78, 5) is 25.3. The molecule has 2 aromatic carbocycles. The molecule has 0 spiro atoms. The van der Waals surface area contributed by atoms with E-state index in [0.717, 1.165) is 11.1 Å². The third-order valence-electron chi connectivity index (χ3n) is 3.99. The van der Waals surface area contributed by atoms with Gasteiger partial charge in [0.1, 0.15) is 0 Å². The van der Waals surface area contributed by atoms with Crippen LogP contribution in [-0.2, 0) is 9.53 Å². The number of halogens is 1. The van der Waals surface area contributed by atoms with Gasteiger partial charge in [-0.2, -0.15) is 0 Å². The van der Waals surface area contributed by atoms with Gasteiger partial charge in [-0.15, -0.1) is 0 Å². The second-order valence-electron chi connectivity index (χ2n) is 6.11. The van der Waals surface area contributed by atoms with Gasteiger partial charge in [0.2, 0.25) is 11.9 Å². The number of furan rings is 1. The average molecular weight is 428 g/mol. The number of ether oxygens (including phenoxy) is 1. The van der Waals surface area contributed by atoms with Crippen LogP contribution >= 0.6 is 15.9 Å². The van der Waals surface area contributed by atoms with Crippen molar-refractivity contribution < 1.29 is 18.7 Å². The maximum Gasteiger partial charge on any atom is 0.375 e. The van der Waals surface area contributed by atoms with E-state index in [4.69, 9.17) is 9.15 Å². The fourth-order valence-corrected chi connectivity index (χ4v) is 2.87. The predicted octanol–water partition coefficient (Wildman–Crippen LogP) is 5.20. The highest BCUT2D eigenvalue weighted by atomic mass is 79.9. The lowest BCUT2D eigenvalue weighted by atomic mass is 10.1. The Morgan fingerprint density at radius 1 is 1.04 bits per heavy atom. The molecule has 1 N–H and O–H groups in total. The Kier molecular flexibility index (Phi) is 5.76. The van der Waals surface area contributed by atoms with Crippen molar-refractivity contribution in [1.29, 1.82) is 0 Å². The minimum absolute atomic E-state index is 0.0161. The van der Waals surface area contributed by atoms with Crippen molar-refractivity contribution in [2.75, 3.05) is 5.32 Å². The van der Waals surface area contributed by atoms with Crippen molar-refractivity contribution >= 4 is 33.5 Å². The maximum atomic E-state index is 12.9. The summed E-state index contributed by atoms with van der Waals surface area (Å²) in [5, 5.41) is 2.86. The Balaban J connectivity index is 1.86. The predicted molar refractivity (Wildman–Crippen MR) is 106 cm³/mol. The van der Waals surface area contributed by atoms with E-state index in [1.54, 1.807) is 30.3 Å². The average Bonchev–Trinajstić information content (AvgIpc) is 3.09. The topological polar surface area (TPSA) is 68.5 Å². The number of benzene rings is 2. The van der Waals surface area contributed by atoms with Crippen LogP contribution in [0.4, 0.5) is 5.69 Å². The molecule has 5 nitrogen and oxygen atoms in total. The van der Waals surface area contributed by atoms with Gasteiger partial charge in [0.25, 0.3) is 5.91 Å². The first kappa shape index (κ1) is 18.9. The van der Waals surface area contributed by atoms with Crippen LogP contribution in [0, 0.1) is 13.8 Å². The zero-order valence-electron chi connectivity index (χ0n) is 14.9. The Hall–Kier alpha value is -2.86. The zero-order chi connectivity index (χ0) is 19.4. The molecule has 0 radical (unpaired) electrons. The van der Waals surface area contributed by atoms with Crippen LogP contribution in [0.25, 0.3) is 0 Å². The van der Waals surface area contributed by atoms with Crippen molar-refractivity contribution in [3.8, 4) is 0 Å². The monoisotopic (exact) mass is 427 g/mol. The van der Waals surface area contributed by atoms with Crippen LogP contribution in [0.2, 0.25) is 0 Å². The normalized spacial score (nSPS) is 11.7. The lowest BCUT2D eigenvalue weighted by Crippen LogP contribution is -2.26. The van der Waals surface area contributed by atoms with Crippen LogP contribution < -0.4 is 5.32 Å².